The summed E-state index contributed by atoms with van der Waals surface area (Å²) in [6, 6.07) is -1.65. The number of rotatable bonds is 8. The second-order valence-electron chi connectivity index (χ2n) is 7.65. The first-order valence-corrected chi connectivity index (χ1v) is 12.8. The van der Waals surface area contributed by atoms with Crippen molar-refractivity contribution < 1.29 is 32.5 Å². The van der Waals surface area contributed by atoms with E-state index in [1.807, 2.05) is 0 Å². The Balaban J connectivity index is 2.38. The molecule has 2 aliphatic rings. The summed E-state index contributed by atoms with van der Waals surface area (Å²) in [6.07, 6.45) is 3.24. The Kier molecular flexibility index (Phi) is 7.68. The Morgan fingerprint density at radius 1 is 0.793 bits per heavy atom. The molecule has 0 aromatic carbocycles. The van der Waals surface area contributed by atoms with Crippen molar-refractivity contribution in [1.29, 1.82) is 0 Å². The highest BCUT2D eigenvalue weighted by Gasteiger charge is 2.51. The molecule has 4 atom stereocenters. The first-order chi connectivity index (χ1) is 13.5. The zero-order valence-corrected chi connectivity index (χ0v) is 19.5. The molecule has 2 rings (SSSR count). The molecule has 2 heterocycles. The van der Waals surface area contributed by atoms with Crippen LogP contribution in [0.1, 0.15) is 27.7 Å². The van der Waals surface area contributed by atoms with Gasteiger partial charge in [0.2, 0.25) is 0 Å². The highest BCUT2D eigenvalue weighted by molar-refractivity contribution is 7.73. The number of carbonyl (C=O) groups is 2. The molecule has 9 nitrogen and oxygen atoms in total. The zero-order chi connectivity index (χ0) is 22.0. The monoisotopic (exact) mass is 448 g/mol. The second-order valence-corrected chi connectivity index (χ2v) is 12.2. The van der Waals surface area contributed by atoms with Gasteiger partial charge in [-0.2, -0.15) is 0 Å². The highest BCUT2D eigenvalue weighted by atomic mass is 31.2. The number of hydrogen-bond acceptors (Lipinski definition) is 7. The maximum atomic E-state index is 13.7. The van der Waals surface area contributed by atoms with E-state index in [9.17, 15) is 18.7 Å². The van der Waals surface area contributed by atoms with Crippen LogP contribution in [0.15, 0.2) is 23.8 Å². The minimum atomic E-state index is -3.77. The van der Waals surface area contributed by atoms with Gasteiger partial charge in [0.15, 0.2) is 0 Å². The van der Waals surface area contributed by atoms with E-state index in [0.29, 0.717) is 0 Å². The first kappa shape index (κ1) is 24.0. The molecule has 0 bridgehead atoms. The van der Waals surface area contributed by atoms with Crippen LogP contribution >= 0.6 is 15.0 Å². The quantitative estimate of drug-likeness (QED) is 0.408. The van der Waals surface area contributed by atoms with Gasteiger partial charge in [-0.15, -0.1) is 0 Å². The minimum absolute atomic E-state index is 0.198. The van der Waals surface area contributed by atoms with E-state index >= 15 is 0 Å². The molecule has 29 heavy (non-hydrogen) atoms. The van der Waals surface area contributed by atoms with Crippen molar-refractivity contribution in [1.82, 2.24) is 9.34 Å². The van der Waals surface area contributed by atoms with Crippen molar-refractivity contribution in [2.75, 3.05) is 27.3 Å². The first-order valence-electron chi connectivity index (χ1n) is 9.47. The average molecular weight is 448 g/mol. The summed E-state index contributed by atoms with van der Waals surface area (Å²) < 4.78 is 45.8. The van der Waals surface area contributed by atoms with Gasteiger partial charge in [-0.25, -0.2) is 13.7 Å². The molecule has 0 saturated heterocycles. The summed E-state index contributed by atoms with van der Waals surface area (Å²) in [4.78, 5) is 24.6. The van der Waals surface area contributed by atoms with Gasteiger partial charge in [0, 0.05) is 24.7 Å². The molecule has 0 spiro atoms. The van der Waals surface area contributed by atoms with E-state index in [1.54, 1.807) is 39.8 Å². The third-order valence-corrected chi connectivity index (χ3v) is 10.2. The molecule has 0 aromatic rings. The molecule has 0 aromatic heterocycles. The van der Waals surface area contributed by atoms with Gasteiger partial charge in [0.1, 0.15) is 12.1 Å². The molecule has 164 valence electrons. The molecule has 2 aliphatic heterocycles. The smallest absolute Gasteiger partial charge is 0.323 e. The normalized spacial score (nSPS) is 29.5. The molecule has 0 radical (unpaired) electrons. The lowest BCUT2D eigenvalue weighted by molar-refractivity contribution is -0.147. The van der Waals surface area contributed by atoms with Gasteiger partial charge in [0.25, 0.3) is 0 Å². The topological polar surface area (TPSA) is 102 Å². The van der Waals surface area contributed by atoms with Crippen LogP contribution in [0.3, 0.4) is 0 Å². The predicted molar refractivity (Wildman–Crippen MR) is 109 cm³/mol. The SMILES string of the molecule is COC(=O)[C@H](C(C)C)N1CC=CP1(=O)OP1(=O)C=CCN1[C@H](C(=O)OC)C(C)C. The standard InChI is InChI=1S/C18H30N2O7P2/c1-13(2)15(17(21)25-5)19-9-7-11-28(19,23)27-29(24)12-8-10-20(29)16(14(3)4)18(22)26-6/h7-8,11-16H,9-10H2,1-6H3/t15-,16-,28?,29?/m0/s1. The van der Waals surface area contributed by atoms with E-state index in [0.717, 1.165) is 0 Å². The number of carbonyl (C=O) groups excluding carboxylic acids is 2. The summed E-state index contributed by atoms with van der Waals surface area (Å²) >= 11 is 0. The van der Waals surface area contributed by atoms with Crippen molar-refractivity contribution in [3.8, 4) is 0 Å². The van der Waals surface area contributed by atoms with Gasteiger partial charge in [-0.1, -0.05) is 39.8 Å². The lowest BCUT2D eigenvalue weighted by Gasteiger charge is -2.37. The van der Waals surface area contributed by atoms with Gasteiger partial charge in [-0.3, -0.25) is 18.7 Å². The molecule has 11 heteroatoms. The van der Waals surface area contributed by atoms with Crippen LogP contribution in [-0.2, 0) is 32.5 Å². The van der Waals surface area contributed by atoms with Crippen LogP contribution in [-0.4, -0.2) is 60.7 Å². The lowest BCUT2D eigenvalue weighted by Crippen LogP contribution is -2.43. The maximum Gasteiger partial charge on any atom is 0.323 e. The third-order valence-electron chi connectivity index (χ3n) is 4.91. The summed E-state index contributed by atoms with van der Waals surface area (Å²) in [5.74, 6) is 1.21. The van der Waals surface area contributed by atoms with Crippen molar-refractivity contribution in [3.05, 3.63) is 23.8 Å². The van der Waals surface area contributed by atoms with Crippen LogP contribution < -0.4 is 0 Å². The summed E-state index contributed by atoms with van der Waals surface area (Å²) in [6.45, 7) is 7.62. The van der Waals surface area contributed by atoms with Gasteiger partial charge in [-0.05, 0) is 11.8 Å². The van der Waals surface area contributed by atoms with Crippen molar-refractivity contribution in [2.45, 2.75) is 39.8 Å². The molecule has 0 aliphatic carbocycles. The van der Waals surface area contributed by atoms with Gasteiger partial charge >= 0.3 is 27.0 Å². The van der Waals surface area contributed by atoms with Crippen LogP contribution in [0.2, 0.25) is 0 Å². The van der Waals surface area contributed by atoms with Crippen LogP contribution in [0, 0.1) is 11.8 Å². The third kappa shape index (κ3) is 4.75. The van der Waals surface area contributed by atoms with E-state index in [2.05, 4.69) is 0 Å². The predicted octanol–water partition coefficient (Wildman–Crippen LogP) is 3.44. The van der Waals surface area contributed by atoms with Gasteiger partial charge in [0.05, 0.1) is 14.2 Å². The molecule has 0 saturated carbocycles. The van der Waals surface area contributed by atoms with E-state index in [4.69, 9.17) is 13.8 Å². The Hall–Kier alpha value is -1.24. The van der Waals surface area contributed by atoms with E-state index in [-0.39, 0.29) is 24.9 Å². The number of hydrogen-bond donors (Lipinski definition) is 0. The summed E-state index contributed by atoms with van der Waals surface area (Å²) in [5, 5.41) is 0. The molecule has 0 N–H and O–H groups in total. The Labute approximate surface area is 172 Å². The highest BCUT2D eigenvalue weighted by Crippen LogP contribution is 2.72. The maximum absolute atomic E-state index is 13.7. The fourth-order valence-corrected chi connectivity index (χ4v) is 9.23. The fraction of sp³-hybridized carbons (Fsp3) is 0.667. The molecule has 0 amide bonds. The number of esters is 2. The molecule has 0 fully saturated rings. The number of nitrogens with zero attached hydrogens (tertiary/aromatic N) is 2. The molecule has 2 unspecified atom stereocenters. The minimum Gasteiger partial charge on any atom is -0.468 e. The zero-order valence-electron chi connectivity index (χ0n) is 17.7. The Morgan fingerprint density at radius 3 is 1.41 bits per heavy atom. The van der Waals surface area contributed by atoms with E-state index < -0.39 is 39.1 Å². The van der Waals surface area contributed by atoms with Gasteiger partial charge < -0.3 is 9.47 Å². The Morgan fingerprint density at radius 2 is 1.14 bits per heavy atom. The fourth-order valence-electron chi connectivity index (χ4n) is 3.58. The summed E-state index contributed by atoms with van der Waals surface area (Å²) in [5.41, 5.74) is 0. The number of methoxy groups -OCH3 is 2. The van der Waals surface area contributed by atoms with Crippen LogP contribution in [0.4, 0.5) is 0 Å². The second kappa shape index (κ2) is 9.27. The average Bonchev–Trinajstić information content (AvgIpc) is 3.17. The van der Waals surface area contributed by atoms with E-state index in [1.165, 1.54) is 35.2 Å². The Bertz CT molecular complexity index is 729. The van der Waals surface area contributed by atoms with Crippen LogP contribution in [0.25, 0.3) is 0 Å². The summed E-state index contributed by atoms with van der Waals surface area (Å²) in [7, 11) is -5.02. The van der Waals surface area contributed by atoms with Crippen LogP contribution in [0.5, 0.6) is 0 Å². The van der Waals surface area contributed by atoms with Crippen molar-refractivity contribution >= 4 is 27.0 Å². The molecular weight excluding hydrogens is 418 g/mol. The molecular formula is C18H30N2O7P2. The van der Waals surface area contributed by atoms with Crippen molar-refractivity contribution in [2.24, 2.45) is 11.8 Å². The lowest BCUT2D eigenvalue weighted by atomic mass is 10.0. The largest absolute Gasteiger partial charge is 0.468 e. The number of ether oxygens (including phenoxy) is 2. The van der Waals surface area contributed by atoms with Crippen molar-refractivity contribution in [3.63, 3.8) is 0 Å².